The van der Waals surface area contributed by atoms with Gasteiger partial charge in [0.25, 0.3) is 0 Å². The van der Waals surface area contributed by atoms with Gasteiger partial charge in [0.2, 0.25) is 0 Å². The molecular formula is C18H38O4Si2. The highest BCUT2D eigenvalue weighted by atomic mass is 28.4. The second-order valence-corrected chi connectivity index (χ2v) is 20.0. The number of carboxylic acid groups (broad SMARTS) is 1. The molecule has 1 aliphatic carbocycles. The minimum absolute atomic E-state index is 0.0985. The number of carboxylic acids is 1. The van der Waals surface area contributed by atoms with Crippen LogP contribution in [0, 0.1) is 17.8 Å². The van der Waals surface area contributed by atoms with E-state index in [1.807, 2.05) is 0 Å². The molecule has 1 N–H and O–H groups in total. The van der Waals surface area contributed by atoms with Crippen LogP contribution in [-0.2, 0) is 13.6 Å². The van der Waals surface area contributed by atoms with E-state index in [2.05, 4.69) is 67.7 Å². The summed E-state index contributed by atoms with van der Waals surface area (Å²) >= 11 is 0. The van der Waals surface area contributed by atoms with Crippen LogP contribution in [0.2, 0.25) is 36.3 Å². The zero-order valence-corrected chi connectivity index (χ0v) is 19.3. The number of hydrogen-bond donors (Lipinski definition) is 1. The van der Waals surface area contributed by atoms with E-state index in [4.69, 9.17) is 8.85 Å². The lowest BCUT2D eigenvalue weighted by Gasteiger charge is -2.36. The molecule has 0 heterocycles. The Morgan fingerprint density at radius 1 is 0.833 bits per heavy atom. The summed E-state index contributed by atoms with van der Waals surface area (Å²) in [7, 11) is -3.67. The first-order valence-corrected chi connectivity index (χ1v) is 14.8. The number of aliphatic carboxylic acids is 1. The molecule has 1 fully saturated rings. The second-order valence-electron chi connectivity index (χ2n) is 10.3. The van der Waals surface area contributed by atoms with Crippen LogP contribution in [-0.4, -0.2) is 40.9 Å². The molecule has 0 amide bonds. The standard InChI is InChI=1S/C18H38O4Si2/c1-17(2,3)23(7,8)21-11-13-14(15(13)16(19)20)12-22-24(9,10)18(4,5)6/h13-15H,11-12H2,1-10H3,(H,19,20)/t13-,14-/m0/s1. The maximum absolute atomic E-state index is 11.5. The highest BCUT2D eigenvalue weighted by molar-refractivity contribution is 6.74. The molecule has 0 radical (unpaired) electrons. The Bertz CT molecular complexity index is 425. The molecule has 0 bridgehead atoms. The molecule has 0 aliphatic heterocycles. The molecule has 1 rings (SSSR count). The van der Waals surface area contributed by atoms with Crippen LogP contribution in [0.15, 0.2) is 0 Å². The third-order valence-electron chi connectivity index (χ3n) is 6.50. The van der Waals surface area contributed by atoms with Crippen molar-refractivity contribution >= 4 is 22.6 Å². The SMILES string of the molecule is CC(C)(C)[Si](C)(C)OC[C@@H]1C(C(=O)O)[C@H]1CO[Si](C)(C)C(C)(C)C. The van der Waals surface area contributed by atoms with Crippen LogP contribution in [0.5, 0.6) is 0 Å². The first-order valence-electron chi connectivity index (χ1n) is 9.02. The van der Waals surface area contributed by atoms with Crippen molar-refractivity contribution < 1.29 is 18.8 Å². The van der Waals surface area contributed by atoms with Gasteiger partial charge in [0.1, 0.15) is 0 Å². The molecular weight excluding hydrogens is 336 g/mol. The lowest BCUT2D eigenvalue weighted by atomic mass is 10.2. The first-order chi connectivity index (χ1) is 10.5. The van der Waals surface area contributed by atoms with Crippen LogP contribution in [0.1, 0.15) is 41.5 Å². The van der Waals surface area contributed by atoms with Gasteiger partial charge in [0.05, 0.1) is 5.92 Å². The van der Waals surface area contributed by atoms with Crippen LogP contribution >= 0.6 is 0 Å². The summed E-state index contributed by atoms with van der Waals surface area (Å²) < 4.78 is 12.5. The first kappa shape index (κ1) is 21.9. The third-order valence-corrected chi connectivity index (χ3v) is 15.5. The van der Waals surface area contributed by atoms with Gasteiger partial charge in [-0.05, 0) is 36.3 Å². The molecule has 0 saturated heterocycles. The molecule has 0 aromatic heterocycles. The molecule has 1 aliphatic rings. The molecule has 0 spiro atoms. The van der Waals surface area contributed by atoms with Gasteiger partial charge < -0.3 is 14.0 Å². The van der Waals surface area contributed by atoms with E-state index >= 15 is 0 Å². The fourth-order valence-electron chi connectivity index (χ4n) is 2.31. The van der Waals surface area contributed by atoms with Gasteiger partial charge in [-0.25, -0.2) is 0 Å². The van der Waals surface area contributed by atoms with E-state index in [9.17, 15) is 9.90 Å². The molecule has 4 nitrogen and oxygen atoms in total. The zero-order valence-electron chi connectivity index (χ0n) is 17.3. The maximum Gasteiger partial charge on any atom is 0.307 e. The molecule has 24 heavy (non-hydrogen) atoms. The summed E-state index contributed by atoms with van der Waals surface area (Å²) in [5.74, 6) is -0.815. The van der Waals surface area contributed by atoms with Crippen molar-refractivity contribution in [3.05, 3.63) is 0 Å². The monoisotopic (exact) mass is 374 g/mol. The summed E-state index contributed by atoms with van der Waals surface area (Å²) in [4.78, 5) is 11.5. The van der Waals surface area contributed by atoms with Gasteiger partial charge in [-0.1, -0.05) is 41.5 Å². The van der Waals surface area contributed by atoms with Gasteiger partial charge in [-0.15, -0.1) is 0 Å². The Labute approximate surface area is 150 Å². The normalized spacial score (nSPS) is 25.7. The Hall–Kier alpha value is -0.176. The minimum atomic E-state index is -1.84. The fourth-order valence-corrected chi connectivity index (χ4v) is 4.39. The smallest absolute Gasteiger partial charge is 0.307 e. The molecule has 0 unspecified atom stereocenters. The number of hydrogen-bond acceptors (Lipinski definition) is 3. The van der Waals surface area contributed by atoms with Crippen molar-refractivity contribution in [2.45, 2.75) is 77.8 Å². The van der Waals surface area contributed by atoms with Crippen molar-refractivity contribution in [1.82, 2.24) is 0 Å². The van der Waals surface area contributed by atoms with Crippen molar-refractivity contribution in [3.8, 4) is 0 Å². The van der Waals surface area contributed by atoms with Crippen LogP contribution in [0.25, 0.3) is 0 Å². The molecule has 1 saturated carbocycles. The molecule has 2 atom stereocenters. The Balaban J connectivity index is 2.65. The molecule has 142 valence electrons. The molecule has 0 aromatic carbocycles. The van der Waals surface area contributed by atoms with E-state index in [0.29, 0.717) is 13.2 Å². The van der Waals surface area contributed by atoms with Crippen molar-refractivity contribution in [2.24, 2.45) is 17.8 Å². The Kier molecular flexibility index (Phi) is 6.24. The highest BCUT2D eigenvalue weighted by Gasteiger charge is 2.56. The zero-order chi connectivity index (χ0) is 19.1. The van der Waals surface area contributed by atoms with Crippen LogP contribution < -0.4 is 0 Å². The molecule has 0 aromatic rings. The summed E-state index contributed by atoms with van der Waals surface area (Å²) in [6.45, 7) is 23.2. The van der Waals surface area contributed by atoms with Crippen molar-refractivity contribution in [2.75, 3.05) is 13.2 Å². The van der Waals surface area contributed by atoms with E-state index in [0.717, 1.165) is 0 Å². The average Bonchev–Trinajstić information content (AvgIpc) is 3.04. The Morgan fingerprint density at radius 2 is 1.12 bits per heavy atom. The highest BCUT2D eigenvalue weighted by Crippen LogP contribution is 2.49. The topological polar surface area (TPSA) is 55.8 Å². The summed E-state index contributed by atoms with van der Waals surface area (Å²) in [5, 5.41) is 9.78. The largest absolute Gasteiger partial charge is 0.481 e. The van der Waals surface area contributed by atoms with Crippen molar-refractivity contribution in [1.29, 1.82) is 0 Å². The predicted molar refractivity (Wildman–Crippen MR) is 104 cm³/mol. The maximum atomic E-state index is 11.5. The lowest BCUT2D eigenvalue weighted by Crippen LogP contribution is -2.42. The summed E-state index contributed by atoms with van der Waals surface area (Å²) in [6.07, 6.45) is 0. The predicted octanol–water partition coefficient (Wildman–Crippen LogP) is 4.98. The van der Waals surface area contributed by atoms with Gasteiger partial charge in [0, 0.05) is 25.0 Å². The lowest BCUT2D eigenvalue weighted by molar-refractivity contribution is -0.139. The number of carbonyl (C=O) groups is 1. The van der Waals surface area contributed by atoms with E-state index in [-0.39, 0.29) is 27.8 Å². The van der Waals surface area contributed by atoms with Gasteiger partial charge >= 0.3 is 5.97 Å². The summed E-state index contributed by atoms with van der Waals surface area (Å²) in [5.41, 5.74) is 0. The van der Waals surface area contributed by atoms with E-state index in [1.54, 1.807) is 0 Å². The van der Waals surface area contributed by atoms with E-state index < -0.39 is 22.6 Å². The van der Waals surface area contributed by atoms with Crippen LogP contribution in [0.4, 0.5) is 0 Å². The fraction of sp³-hybridized carbons (Fsp3) is 0.944. The van der Waals surface area contributed by atoms with Gasteiger partial charge in [-0.2, -0.15) is 0 Å². The van der Waals surface area contributed by atoms with Gasteiger partial charge in [-0.3, -0.25) is 4.79 Å². The number of rotatable bonds is 7. The second kappa shape index (κ2) is 6.85. The van der Waals surface area contributed by atoms with E-state index in [1.165, 1.54) is 0 Å². The summed E-state index contributed by atoms with van der Waals surface area (Å²) in [6, 6.07) is 0. The average molecular weight is 375 g/mol. The Morgan fingerprint density at radius 3 is 1.33 bits per heavy atom. The minimum Gasteiger partial charge on any atom is -0.481 e. The van der Waals surface area contributed by atoms with Crippen LogP contribution in [0.3, 0.4) is 0 Å². The molecule has 6 heteroatoms. The third kappa shape index (κ3) is 4.93. The quantitative estimate of drug-likeness (QED) is 0.639. The van der Waals surface area contributed by atoms with Crippen molar-refractivity contribution in [3.63, 3.8) is 0 Å². The van der Waals surface area contributed by atoms with Gasteiger partial charge in [0.15, 0.2) is 16.6 Å².